The van der Waals surface area contributed by atoms with Crippen molar-refractivity contribution in [2.24, 2.45) is 0 Å². The molecular formula is CHCl2I. The second kappa shape index (κ2) is 2.54. The predicted molar refractivity (Wildman–Crippen MR) is 29.5 cm³/mol. The van der Waals surface area contributed by atoms with Gasteiger partial charge in [-0.15, -0.1) is 0 Å². The molecule has 0 atom stereocenters. The summed E-state index contributed by atoms with van der Waals surface area (Å²) in [4.78, 5) is 0. The third kappa shape index (κ3) is 10.3. The Morgan fingerprint density at radius 3 is 1.50 bits per heavy atom. The van der Waals surface area contributed by atoms with Crippen molar-refractivity contribution in [1.82, 2.24) is 0 Å². The first-order valence-electron chi connectivity index (χ1n) is 0.655. The van der Waals surface area contributed by atoms with Crippen LogP contribution in [0.25, 0.3) is 0 Å². The topological polar surface area (TPSA) is 0 Å². The van der Waals surface area contributed by atoms with E-state index in [4.69, 9.17) is 23.2 Å². The molecule has 0 rings (SSSR count). The highest BCUT2D eigenvalue weighted by Crippen LogP contribution is 2.08. The van der Waals surface area contributed by atoms with E-state index < -0.39 is 0 Å². The third-order valence-electron chi connectivity index (χ3n) is 0. The molecule has 0 aliphatic heterocycles. The molecule has 0 aliphatic rings. The zero-order chi connectivity index (χ0) is 3.58. The Balaban J connectivity index is 2.32. The van der Waals surface area contributed by atoms with E-state index in [0.717, 1.165) is 0 Å². The summed E-state index contributed by atoms with van der Waals surface area (Å²) in [7, 11) is 0. The summed E-state index contributed by atoms with van der Waals surface area (Å²) < 4.78 is -0.252. The molecule has 0 aliphatic carbocycles. The molecule has 0 unspecified atom stereocenters. The molecule has 0 nitrogen and oxygen atoms in total. The minimum absolute atomic E-state index is 0.252. The lowest BCUT2D eigenvalue weighted by Gasteiger charge is -1.70. The Kier molecular flexibility index (Phi) is 3.37. The van der Waals surface area contributed by atoms with Crippen LogP contribution in [0.1, 0.15) is 0 Å². The van der Waals surface area contributed by atoms with Gasteiger partial charge in [-0.05, 0) is 22.6 Å². The van der Waals surface area contributed by atoms with E-state index in [1.54, 1.807) is 0 Å². The standard InChI is InChI=1S/CHCl2I/c2-1(3)4/h1H. The van der Waals surface area contributed by atoms with E-state index in [9.17, 15) is 0 Å². The van der Waals surface area contributed by atoms with Crippen LogP contribution in [0.4, 0.5) is 0 Å². The van der Waals surface area contributed by atoms with E-state index in [1.807, 2.05) is 22.6 Å². The van der Waals surface area contributed by atoms with Crippen LogP contribution in [-0.4, -0.2) is 2.84 Å². The molecular weight excluding hydrogens is 210 g/mol. The first-order chi connectivity index (χ1) is 1.73. The van der Waals surface area contributed by atoms with Gasteiger partial charge in [0.05, 0.1) is 0 Å². The number of hydrogen-bond acceptors (Lipinski definition) is 0. The van der Waals surface area contributed by atoms with E-state index in [1.165, 1.54) is 0 Å². The van der Waals surface area contributed by atoms with Gasteiger partial charge in [-0.2, -0.15) is 0 Å². The minimum Gasteiger partial charge on any atom is -0.0936 e. The number of alkyl halides is 3. The lowest BCUT2D eigenvalue weighted by atomic mass is 11.9. The maximum atomic E-state index is 5.03. The number of rotatable bonds is 0. The highest BCUT2D eigenvalue weighted by molar-refractivity contribution is 14.1. The molecule has 0 spiro atoms. The summed E-state index contributed by atoms with van der Waals surface area (Å²) in [6, 6.07) is 0. The van der Waals surface area contributed by atoms with Crippen LogP contribution in [0.2, 0.25) is 0 Å². The smallest absolute Gasteiger partial charge is 0.0936 e. The normalized spacial score (nSPS) is 9.00. The molecule has 0 aromatic heterocycles. The lowest BCUT2D eigenvalue weighted by molar-refractivity contribution is 2.11. The van der Waals surface area contributed by atoms with Crippen LogP contribution in [-0.2, 0) is 0 Å². The van der Waals surface area contributed by atoms with Crippen LogP contribution < -0.4 is 0 Å². The minimum atomic E-state index is -0.252. The molecule has 0 heterocycles. The molecule has 0 amide bonds. The fourth-order valence-corrected chi connectivity index (χ4v) is 0. The fourth-order valence-electron chi connectivity index (χ4n) is 0. The molecule has 4 heavy (non-hydrogen) atoms. The van der Waals surface area contributed by atoms with Crippen LogP contribution in [0.3, 0.4) is 0 Å². The van der Waals surface area contributed by atoms with Gasteiger partial charge in [0.2, 0.25) is 0 Å². The van der Waals surface area contributed by atoms with Crippen molar-refractivity contribution in [3.63, 3.8) is 0 Å². The van der Waals surface area contributed by atoms with Crippen molar-refractivity contribution in [2.75, 3.05) is 0 Å². The van der Waals surface area contributed by atoms with Crippen LogP contribution >= 0.6 is 45.8 Å². The number of hydrogen-bond donors (Lipinski definition) is 0. The summed E-state index contributed by atoms with van der Waals surface area (Å²) in [6.45, 7) is 0. The van der Waals surface area contributed by atoms with Crippen LogP contribution in [0, 0.1) is 0 Å². The van der Waals surface area contributed by atoms with Crippen molar-refractivity contribution in [2.45, 2.75) is 2.84 Å². The first-order valence-corrected chi connectivity index (χ1v) is 2.77. The molecule has 0 fully saturated rings. The van der Waals surface area contributed by atoms with E-state index in [0.29, 0.717) is 0 Å². The second-order valence-electron chi connectivity index (χ2n) is 0.247. The Bertz CT molecular complexity index is 10.8. The third-order valence-corrected chi connectivity index (χ3v) is 0. The monoisotopic (exact) mass is 210 g/mol. The highest BCUT2D eigenvalue weighted by atomic mass is 127. The second-order valence-corrected chi connectivity index (χ2v) is 4.06. The average molecular weight is 211 g/mol. The zero-order valence-electron chi connectivity index (χ0n) is 1.71. The Labute approximate surface area is 48.6 Å². The van der Waals surface area contributed by atoms with E-state index in [2.05, 4.69) is 0 Å². The Morgan fingerprint density at radius 2 is 1.50 bits per heavy atom. The molecule has 0 saturated carbocycles. The molecule has 0 aromatic carbocycles. The summed E-state index contributed by atoms with van der Waals surface area (Å²) in [5.41, 5.74) is 0. The molecule has 3 heteroatoms. The average Bonchev–Trinajstić information content (AvgIpc) is 0.811. The van der Waals surface area contributed by atoms with E-state index >= 15 is 0 Å². The summed E-state index contributed by atoms with van der Waals surface area (Å²) in [5.74, 6) is 0. The van der Waals surface area contributed by atoms with Gasteiger partial charge < -0.3 is 0 Å². The maximum Gasteiger partial charge on any atom is 0.158 e. The predicted octanol–water partition coefficient (Wildman–Crippen LogP) is 2.18. The van der Waals surface area contributed by atoms with Crippen molar-refractivity contribution < 1.29 is 0 Å². The largest absolute Gasteiger partial charge is 0.158 e. The van der Waals surface area contributed by atoms with Gasteiger partial charge in [0, 0.05) is 0 Å². The van der Waals surface area contributed by atoms with Gasteiger partial charge in [-0.1, -0.05) is 23.2 Å². The molecule has 0 bridgehead atoms. The molecule has 0 N–H and O–H groups in total. The summed E-state index contributed by atoms with van der Waals surface area (Å²) in [5, 5.41) is 0. The fraction of sp³-hybridized carbons (Fsp3) is 1.00. The van der Waals surface area contributed by atoms with Crippen LogP contribution in [0.5, 0.6) is 0 Å². The number of halogens is 3. The summed E-state index contributed by atoms with van der Waals surface area (Å²) in [6.07, 6.45) is 0. The van der Waals surface area contributed by atoms with Gasteiger partial charge in [-0.3, -0.25) is 0 Å². The Morgan fingerprint density at radius 1 is 1.50 bits per heavy atom. The molecule has 0 saturated heterocycles. The molecule has 26 valence electrons. The van der Waals surface area contributed by atoms with Crippen LogP contribution in [0.15, 0.2) is 0 Å². The lowest BCUT2D eigenvalue weighted by Crippen LogP contribution is -1.52. The van der Waals surface area contributed by atoms with Crippen molar-refractivity contribution in [3.05, 3.63) is 0 Å². The Hall–Kier alpha value is 1.31. The summed E-state index contributed by atoms with van der Waals surface area (Å²) >= 11 is 11.9. The van der Waals surface area contributed by atoms with Gasteiger partial charge >= 0.3 is 0 Å². The van der Waals surface area contributed by atoms with Crippen molar-refractivity contribution in [3.8, 4) is 0 Å². The van der Waals surface area contributed by atoms with Crippen molar-refractivity contribution in [1.29, 1.82) is 0 Å². The first kappa shape index (κ1) is 5.31. The molecule has 0 aromatic rings. The van der Waals surface area contributed by atoms with Gasteiger partial charge in [0.15, 0.2) is 2.84 Å². The quantitative estimate of drug-likeness (QED) is 0.425. The SMILES string of the molecule is ClC(Cl)I. The van der Waals surface area contributed by atoms with Gasteiger partial charge in [0.1, 0.15) is 0 Å². The zero-order valence-corrected chi connectivity index (χ0v) is 5.38. The highest BCUT2D eigenvalue weighted by Gasteiger charge is 1.78. The van der Waals surface area contributed by atoms with Crippen molar-refractivity contribution >= 4 is 45.8 Å². The van der Waals surface area contributed by atoms with Gasteiger partial charge in [0.25, 0.3) is 0 Å². The maximum absolute atomic E-state index is 5.03. The van der Waals surface area contributed by atoms with Gasteiger partial charge in [-0.25, -0.2) is 0 Å². The molecule has 0 radical (unpaired) electrons. The van der Waals surface area contributed by atoms with E-state index in [-0.39, 0.29) is 2.84 Å².